The quantitative estimate of drug-likeness (QED) is 0.799. The molecule has 2 unspecified atom stereocenters. The van der Waals surface area contributed by atoms with Crippen molar-refractivity contribution >= 4 is 29.1 Å². The van der Waals surface area contributed by atoms with Crippen LogP contribution >= 0.6 is 23.2 Å². The molecular weight excluding hydrogens is 323 g/mol. The minimum absolute atomic E-state index is 0.00344. The van der Waals surface area contributed by atoms with Gasteiger partial charge in [0.1, 0.15) is 0 Å². The van der Waals surface area contributed by atoms with Gasteiger partial charge in [-0.2, -0.15) is 0 Å². The molecule has 2 atom stereocenters. The Labute approximate surface area is 141 Å². The third kappa shape index (κ3) is 5.13. The second-order valence-electron chi connectivity index (χ2n) is 5.97. The maximum Gasteiger partial charge on any atom is 0.223 e. The Balaban J connectivity index is 1.80. The number of hydrogen-bond acceptors (Lipinski definition) is 3. The highest BCUT2D eigenvalue weighted by molar-refractivity contribution is 6.34. The Hall–Kier alpha value is -0.810. The lowest BCUT2D eigenvalue weighted by Crippen LogP contribution is -2.41. The van der Waals surface area contributed by atoms with Gasteiger partial charge in [-0.05, 0) is 50.6 Å². The number of carbonyl (C=O) groups excluding carboxylic acids is 1. The molecule has 0 aromatic heterocycles. The van der Waals surface area contributed by atoms with Crippen LogP contribution in [0, 0.1) is 0 Å². The van der Waals surface area contributed by atoms with Gasteiger partial charge < -0.3 is 10.4 Å². The minimum Gasteiger partial charge on any atom is -0.388 e. The summed E-state index contributed by atoms with van der Waals surface area (Å²) in [5.74, 6) is -0.181. The first-order chi connectivity index (χ1) is 10.4. The second-order valence-corrected chi connectivity index (χ2v) is 6.85. The third-order valence-corrected chi connectivity index (χ3v) is 4.50. The summed E-state index contributed by atoms with van der Waals surface area (Å²) in [5, 5.41) is 13.9. The molecule has 0 saturated heterocycles. The molecular formula is C16H22Cl2N2O2. The number of benzene rings is 1. The van der Waals surface area contributed by atoms with E-state index in [0.29, 0.717) is 28.2 Å². The summed E-state index contributed by atoms with van der Waals surface area (Å²) < 4.78 is 0. The number of hydrogen-bond donors (Lipinski definition) is 2. The number of aliphatic hydroxyl groups excluding tert-OH is 1. The highest BCUT2D eigenvalue weighted by atomic mass is 35.5. The van der Waals surface area contributed by atoms with Gasteiger partial charge in [-0.1, -0.05) is 23.2 Å². The van der Waals surface area contributed by atoms with E-state index >= 15 is 0 Å². The predicted octanol–water partition coefficient (Wildman–Crippen LogP) is 3.02. The molecule has 0 radical (unpaired) electrons. The van der Waals surface area contributed by atoms with Crippen LogP contribution in [0.2, 0.25) is 10.0 Å². The van der Waals surface area contributed by atoms with Crippen molar-refractivity contribution in [2.45, 2.75) is 44.4 Å². The summed E-state index contributed by atoms with van der Waals surface area (Å²) in [6.07, 6.45) is 1.57. The molecule has 22 heavy (non-hydrogen) atoms. The fraction of sp³-hybridized carbons (Fsp3) is 0.562. The number of nitrogens with one attached hydrogen (secondary N) is 1. The summed E-state index contributed by atoms with van der Waals surface area (Å²) >= 11 is 11.8. The van der Waals surface area contributed by atoms with Crippen LogP contribution in [0.5, 0.6) is 0 Å². The summed E-state index contributed by atoms with van der Waals surface area (Å²) in [4.78, 5) is 14.2. The van der Waals surface area contributed by atoms with Crippen LogP contribution in [0.4, 0.5) is 0 Å². The van der Waals surface area contributed by atoms with Crippen molar-refractivity contribution in [1.29, 1.82) is 0 Å². The van der Waals surface area contributed by atoms with Crippen molar-refractivity contribution in [3.05, 3.63) is 33.8 Å². The molecule has 1 aliphatic carbocycles. The Morgan fingerprint density at radius 1 is 1.36 bits per heavy atom. The van der Waals surface area contributed by atoms with Gasteiger partial charge in [-0.15, -0.1) is 0 Å². The van der Waals surface area contributed by atoms with Crippen LogP contribution < -0.4 is 5.32 Å². The van der Waals surface area contributed by atoms with Gasteiger partial charge in [0.15, 0.2) is 0 Å². The SMILES string of the molecule is CC(CNC(=O)CC(O)c1cc(Cl)cc(Cl)c1)N(C)C1CC1. The molecule has 1 fully saturated rings. The molecule has 1 aliphatic rings. The van der Waals surface area contributed by atoms with Gasteiger partial charge in [0.25, 0.3) is 0 Å². The first-order valence-corrected chi connectivity index (χ1v) is 8.25. The molecule has 1 aromatic carbocycles. The highest BCUT2D eigenvalue weighted by Gasteiger charge is 2.29. The Bertz CT molecular complexity index is 515. The lowest BCUT2D eigenvalue weighted by Gasteiger charge is -2.24. The van der Waals surface area contributed by atoms with Gasteiger partial charge in [0.05, 0.1) is 12.5 Å². The van der Waals surface area contributed by atoms with E-state index in [-0.39, 0.29) is 18.4 Å². The molecule has 0 spiro atoms. The number of halogens is 2. The molecule has 1 saturated carbocycles. The van der Waals surface area contributed by atoms with E-state index in [2.05, 4.69) is 24.2 Å². The van der Waals surface area contributed by atoms with Gasteiger partial charge >= 0.3 is 0 Å². The number of rotatable bonds is 7. The zero-order chi connectivity index (χ0) is 16.3. The molecule has 6 heteroatoms. The van der Waals surface area contributed by atoms with E-state index in [9.17, 15) is 9.90 Å². The second kappa shape index (κ2) is 7.64. The highest BCUT2D eigenvalue weighted by Crippen LogP contribution is 2.27. The van der Waals surface area contributed by atoms with Crippen molar-refractivity contribution in [2.75, 3.05) is 13.6 Å². The first kappa shape index (κ1) is 17.5. The molecule has 2 rings (SSSR count). The van der Waals surface area contributed by atoms with Crippen LogP contribution in [-0.4, -0.2) is 41.6 Å². The Kier molecular flexibility index (Phi) is 6.09. The lowest BCUT2D eigenvalue weighted by molar-refractivity contribution is -0.123. The lowest BCUT2D eigenvalue weighted by atomic mass is 10.1. The van der Waals surface area contributed by atoms with Crippen LogP contribution in [0.25, 0.3) is 0 Å². The zero-order valence-corrected chi connectivity index (χ0v) is 14.4. The summed E-state index contributed by atoms with van der Waals surface area (Å²) in [5.41, 5.74) is 0.552. The number of carbonyl (C=O) groups is 1. The monoisotopic (exact) mass is 344 g/mol. The van der Waals surface area contributed by atoms with E-state index in [1.807, 2.05) is 0 Å². The molecule has 0 bridgehead atoms. The normalized spacial score (nSPS) is 17.4. The topological polar surface area (TPSA) is 52.6 Å². The smallest absolute Gasteiger partial charge is 0.223 e. The van der Waals surface area contributed by atoms with E-state index in [0.717, 1.165) is 0 Å². The zero-order valence-electron chi connectivity index (χ0n) is 12.9. The van der Waals surface area contributed by atoms with Crippen LogP contribution in [0.3, 0.4) is 0 Å². The minimum atomic E-state index is -0.910. The summed E-state index contributed by atoms with van der Waals surface area (Å²) in [6.45, 7) is 2.67. The van der Waals surface area contributed by atoms with Crippen molar-refractivity contribution in [2.24, 2.45) is 0 Å². The fourth-order valence-electron chi connectivity index (χ4n) is 2.38. The average Bonchev–Trinajstić information content (AvgIpc) is 3.27. The van der Waals surface area contributed by atoms with E-state index in [1.54, 1.807) is 18.2 Å². The summed E-state index contributed by atoms with van der Waals surface area (Å²) in [7, 11) is 2.08. The van der Waals surface area contributed by atoms with Crippen molar-refractivity contribution in [3.8, 4) is 0 Å². The Morgan fingerprint density at radius 3 is 2.50 bits per heavy atom. The number of nitrogens with zero attached hydrogens (tertiary/aromatic N) is 1. The standard InChI is InChI=1S/C16H22Cl2N2O2/c1-10(20(2)14-3-4-14)9-19-16(22)8-15(21)11-5-12(17)7-13(18)6-11/h5-7,10,14-15,21H,3-4,8-9H2,1-2H3,(H,19,22). The molecule has 122 valence electrons. The fourth-order valence-corrected chi connectivity index (χ4v) is 2.92. The number of amides is 1. The van der Waals surface area contributed by atoms with Crippen LogP contribution in [0.1, 0.15) is 37.9 Å². The van der Waals surface area contributed by atoms with Crippen LogP contribution in [-0.2, 0) is 4.79 Å². The van der Waals surface area contributed by atoms with Gasteiger partial charge in [0.2, 0.25) is 5.91 Å². The largest absolute Gasteiger partial charge is 0.388 e. The molecule has 4 nitrogen and oxygen atoms in total. The molecule has 2 N–H and O–H groups in total. The first-order valence-electron chi connectivity index (χ1n) is 7.49. The maximum absolute atomic E-state index is 12.0. The third-order valence-electron chi connectivity index (χ3n) is 4.06. The van der Waals surface area contributed by atoms with E-state index in [1.165, 1.54) is 12.8 Å². The predicted molar refractivity (Wildman–Crippen MR) is 89.3 cm³/mol. The van der Waals surface area contributed by atoms with E-state index < -0.39 is 6.10 Å². The van der Waals surface area contributed by atoms with Gasteiger partial charge in [-0.25, -0.2) is 0 Å². The molecule has 1 amide bonds. The number of aliphatic hydroxyl groups is 1. The molecule has 1 aromatic rings. The molecule has 0 aliphatic heterocycles. The van der Waals surface area contributed by atoms with Gasteiger partial charge in [0, 0.05) is 28.7 Å². The summed E-state index contributed by atoms with van der Waals surface area (Å²) in [6, 6.07) is 5.78. The molecule has 0 heterocycles. The van der Waals surface area contributed by atoms with Crippen molar-refractivity contribution in [1.82, 2.24) is 10.2 Å². The van der Waals surface area contributed by atoms with E-state index in [4.69, 9.17) is 23.2 Å². The average molecular weight is 345 g/mol. The van der Waals surface area contributed by atoms with Gasteiger partial charge in [-0.3, -0.25) is 9.69 Å². The van der Waals surface area contributed by atoms with Crippen LogP contribution in [0.15, 0.2) is 18.2 Å². The van der Waals surface area contributed by atoms with Crippen molar-refractivity contribution < 1.29 is 9.90 Å². The van der Waals surface area contributed by atoms with Crippen molar-refractivity contribution in [3.63, 3.8) is 0 Å². The number of likely N-dealkylation sites (N-methyl/N-ethyl adjacent to an activating group) is 1. The maximum atomic E-state index is 12.0. The Morgan fingerprint density at radius 2 is 1.95 bits per heavy atom.